The number of rotatable bonds is 6. The maximum absolute atomic E-state index is 14.6. The first-order valence-corrected chi connectivity index (χ1v) is 8.84. The molecule has 2 aromatic rings. The van der Waals surface area contributed by atoms with Gasteiger partial charge in [-0.1, -0.05) is 19.1 Å². The molecule has 0 unspecified atom stereocenters. The maximum atomic E-state index is 14.6. The summed E-state index contributed by atoms with van der Waals surface area (Å²) < 4.78 is 14.6. The van der Waals surface area contributed by atoms with E-state index in [-0.39, 0.29) is 11.9 Å². The van der Waals surface area contributed by atoms with E-state index in [1.165, 1.54) is 6.07 Å². The monoisotopic (exact) mass is 355 g/mol. The number of nitrogens with one attached hydrogen (secondary N) is 1. The van der Waals surface area contributed by atoms with Gasteiger partial charge in [0.25, 0.3) is 0 Å². The standard InChI is InChI=1S/C22H26FNO2/c1-6-16(22(25)26)11-17-9-15(5)20(10-14(17)4)19-8-7-18(12-21(19)23)24-13(2)3/h7-13,24H,6H2,1-5H3,(H,25,26). The van der Waals surface area contributed by atoms with Gasteiger partial charge in [0.1, 0.15) is 5.82 Å². The normalized spacial score (nSPS) is 11.7. The van der Waals surface area contributed by atoms with E-state index in [0.29, 0.717) is 17.6 Å². The van der Waals surface area contributed by atoms with Crippen LogP contribution < -0.4 is 5.32 Å². The molecule has 3 nitrogen and oxygen atoms in total. The summed E-state index contributed by atoms with van der Waals surface area (Å²) >= 11 is 0. The Balaban J connectivity index is 2.47. The Kier molecular flexibility index (Phi) is 6.19. The van der Waals surface area contributed by atoms with E-state index >= 15 is 0 Å². The van der Waals surface area contributed by atoms with Crippen molar-refractivity contribution in [2.24, 2.45) is 0 Å². The molecule has 2 rings (SSSR count). The predicted octanol–water partition coefficient (Wildman–Crippen LogP) is 5.81. The fraction of sp³-hybridized carbons (Fsp3) is 0.318. The largest absolute Gasteiger partial charge is 0.478 e. The van der Waals surface area contributed by atoms with Crippen LogP contribution >= 0.6 is 0 Å². The molecular formula is C22H26FNO2. The van der Waals surface area contributed by atoms with Crippen LogP contribution in [0.25, 0.3) is 17.2 Å². The zero-order chi connectivity index (χ0) is 19.4. The smallest absolute Gasteiger partial charge is 0.331 e. The molecular weight excluding hydrogens is 329 g/mol. The van der Waals surface area contributed by atoms with Gasteiger partial charge in [-0.3, -0.25) is 0 Å². The van der Waals surface area contributed by atoms with E-state index < -0.39 is 5.97 Å². The first-order chi connectivity index (χ1) is 12.2. The van der Waals surface area contributed by atoms with Gasteiger partial charge in [0.05, 0.1) is 0 Å². The molecule has 0 aromatic heterocycles. The number of hydrogen-bond acceptors (Lipinski definition) is 2. The molecule has 0 fully saturated rings. The first-order valence-electron chi connectivity index (χ1n) is 8.84. The summed E-state index contributed by atoms with van der Waals surface area (Å²) in [6.45, 7) is 9.66. The average molecular weight is 355 g/mol. The number of aliphatic carboxylic acids is 1. The highest BCUT2D eigenvalue weighted by molar-refractivity contribution is 5.92. The first kappa shape index (κ1) is 19.7. The summed E-state index contributed by atoms with van der Waals surface area (Å²) in [5.41, 5.74) is 5.16. The summed E-state index contributed by atoms with van der Waals surface area (Å²) in [5.74, 6) is -1.19. The van der Waals surface area contributed by atoms with E-state index in [0.717, 1.165) is 27.9 Å². The molecule has 0 bridgehead atoms. The number of aryl methyl sites for hydroxylation is 2. The van der Waals surface area contributed by atoms with Crippen LogP contribution in [0.5, 0.6) is 0 Å². The molecule has 2 N–H and O–H groups in total. The number of benzene rings is 2. The van der Waals surface area contributed by atoms with Crippen molar-refractivity contribution >= 4 is 17.7 Å². The lowest BCUT2D eigenvalue weighted by atomic mass is 9.93. The van der Waals surface area contributed by atoms with E-state index in [2.05, 4.69) is 5.32 Å². The van der Waals surface area contributed by atoms with Crippen LogP contribution in [0.4, 0.5) is 10.1 Å². The minimum Gasteiger partial charge on any atom is -0.478 e. The van der Waals surface area contributed by atoms with Crippen molar-refractivity contribution in [2.45, 2.75) is 47.1 Å². The molecule has 0 spiro atoms. The molecule has 0 amide bonds. The molecule has 4 heteroatoms. The second-order valence-electron chi connectivity index (χ2n) is 6.85. The van der Waals surface area contributed by atoms with Crippen molar-refractivity contribution < 1.29 is 14.3 Å². The van der Waals surface area contributed by atoms with Crippen LogP contribution in [0, 0.1) is 19.7 Å². The van der Waals surface area contributed by atoms with Crippen molar-refractivity contribution in [1.29, 1.82) is 0 Å². The molecule has 0 aliphatic rings. The SMILES string of the molecule is CCC(=Cc1cc(C)c(-c2ccc(NC(C)C)cc2F)cc1C)C(=O)O. The lowest BCUT2D eigenvalue weighted by molar-refractivity contribution is -0.132. The molecule has 0 heterocycles. The predicted molar refractivity (Wildman–Crippen MR) is 106 cm³/mol. The van der Waals surface area contributed by atoms with E-state index in [9.17, 15) is 14.3 Å². The molecule has 0 saturated carbocycles. The van der Waals surface area contributed by atoms with Crippen molar-refractivity contribution in [3.63, 3.8) is 0 Å². The van der Waals surface area contributed by atoms with Crippen LogP contribution in [-0.2, 0) is 4.79 Å². The fourth-order valence-electron chi connectivity index (χ4n) is 2.94. The zero-order valence-electron chi connectivity index (χ0n) is 16.0. The van der Waals surface area contributed by atoms with Gasteiger partial charge in [-0.15, -0.1) is 0 Å². The molecule has 0 aliphatic heterocycles. The minimum absolute atomic E-state index is 0.234. The molecule has 138 valence electrons. The number of carbonyl (C=O) groups is 1. The fourth-order valence-corrected chi connectivity index (χ4v) is 2.94. The summed E-state index contributed by atoms with van der Waals surface area (Å²) in [5, 5.41) is 12.4. The quantitative estimate of drug-likeness (QED) is 0.643. The van der Waals surface area contributed by atoms with Gasteiger partial charge in [-0.05, 0) is 80.6 Å². The molecule has 0 saturated heterocycles. The van der Waals surface area contributed by atoms with E-state index in [4.69, 9.17) is 0 Å². The van der Waals surface area contributed by atoms with Gasteiger partial charge in [-0.2, -0.15) is 0 Å². The topological polar surface area (TPSA) is 49.3 Å². The highest BCUT2D eigenvalue weighted by Crippen LogP contribution is 2.31. The van der Waals surface area contributed by atoms with Gasteiger partial charge in [-0.25, -0.2) is 9.18 Å². The van der Waals surface area contributed by atoms with Crippen molar-refractivity contribution in [3.8, 4) is 11.1 Å². The molecule has 0 aliphatic carbocycles. The maximum Gasteiger partial charge on any atom is 0.331 e. The molecule has 2 aromatic carbocycles. The Morgan fingerprint density at radius 2 is 1.85 bits per heavy atom. The van der Waals surface area contributed by atoms with Crippen LogP contribution in [0.3, 0.4) is 0 Å². The third kappa shape index (κ3) is 4.51. The summed E-state index contributed by atoms with van der Waals surface area (Å²) in [6.07, 6.45) is 2.15. The van der Waals surface area contributed by atoms with Crippen molar-refractivity contribution in [1.82, 2.24) is 0 Å². The Labute approximate surface area is 154 Å². The second kappa shape index (κ2) is 8.17. The van der Waals surface area contributed by atoms with Gasteiger partial charge < -0.3 is 10.4 Å². The van der Waals surface area contributed by atoms with Crippen molar-refractivity contribution in [3.05, 3.63) is 58.4 Å². The summed E-state index contributed by atoms with van der Waals surface area (Å²) in [6, 6.07) is 9.24. The highest BCUT2D eigenvalue weighted by atomic mass is 19.1. The Morgan fingerprint density at radius 3 is 2.38 bits per heavy atom. The number of hydrogen-bond donors (Lipinski definition) is 2. The second-order valence-corrected chi connectivity index (χ2v) is 6.85. The molecule has 0 radical (unpaired) electrons. The van der Waals surface area contributed by atoms with Crippen LogP contribution in [0.15, 0.2) is 35.9 Å². The molecule has 0 atom stereocenters. The summed E-state index contributed by atoms with van der Waals surface area (Å²) in [7, 11) is 0. The lowest BCUT2D eigenvalue weighted by Gasteiger charge is -2.14. The Hall–Kier alpha value is -2.62. The number of carboxylic acids is 1. The van der Waals surface area contributed by atoms with E-state index in [1.807, 2.05) is 52.8 Å². The highest BCUT2D eigenvalue weighted by Gasteiger charge is 2.12. The lowest BCUT2D eigenvalue weighted by Crippen LogP contribution is -2.09. The van der Waals surface area contributed by atoms with Crippen molar-refractivity contribution in [2.75, 3.05) is 5.32 Å². The third-order valence-electron chi connectivity index (χ3n) is 4.31. The van der Waals surface area contributed by atoms with Crippen LogP contribution in [-0.4, -0.2) is 17.1 Å². The van der Waals surface area contributed by atoms with Crippen LogP contribution in [0.2, 0.25) is 0 Å². The van der Waals surface area contributed by atoms with Gasteiger partial charge in [0, 0.05) is 22.9 Å². The number of halogens is 1. The van der Waals surface area contributed by atoms with Gasteiger partial charge in [0.15, 0.2) is 0 Å². The summed E-state index contributed by atoms with van der Waals surface area (Å²) in [4.78, 5) is 11.2. The minimum atomic E-state index is -0.909. The van der Waals surface area contributed by atoms with Gasteiger partial charge >= 0.3 is 5.97 Å². The van der Waals surface area contributed by atoms with Gasteiger partial charge in [0.2, 0.25) is 0 Å². The average Bonchev–Trinajstić information content (AvgIpc) is 2.55. The Bertz CT molecular complexity index is 853. The Morgan fingerprint density at radius 1 is 1.15 bits per heavy atom. The van der Waals surface area contributed by atoms with Crippen LogP contribution in [0.1, 0.15) is 43.9 Å². The molecule has 26 heavy (non-hydrogen) atoms. The number of carboxylic acid groups (broad SMARTS) is 1. The third-order valence-corrected chi connectivity index (χ3v) is 4.31. The number of anilines is 1. The zero-order valence-corrected chi connectivity index (χ0v) is 16.0. The van der Waals surface area contributed by atoms with E-state index in [1.54, 1.807) is 12.1 Å².